The van der Waals surface area contributed by atoms with Crippen molar-refractivity contribution in [3.63, 3.8) is 0 Å². The van der Waals surface area contributed by atoms with E-state index in [1.807, 2.05) is 0 Å². The first-order valence-electron chi connectivity index (χ1n) is 5.76. The minimum Gasteiger partial charge on any atom is -0.216 e. The van der Waals surface area contributed by atoms with E-state index >= 15 is 0 Å². The zero-order valence-corrected chi connectivity index (χ0v) is 9.59. The van der Waals surface area contributed by atoms with Crippen LogP contribution in [-0.2, 0) is 10.2 Å². The molecular formula is C10H18N2O2S. The molecule has 4 saturated carbocycles. The highest BCUT2D eigenvalue weighted by Gasteiger charge is 2.51. The molecule has 4 aliphatic carbocycles. The lowest BCUT2D eigenvalue weighted by Gasteiger charge is -2.56. The summed E-state index contributed by atoms with van der Waals surface area (Å²) < 4.78 is 25.1. The van der Waals surface area contributed by atoms with Crippen LogP contribution in [0.25, 0.3) is 0 Å². The Morgan fingerprint density at radius 1 is 1.00 bits per heavy atom. The van der Waals surface area contributed by atoms with Gasteiger partial charge in [0.25, 0.3) is 10.2 Å². The van der Waals surface area contributed by atoms with Crippen molar-refractivity contribution in [1.82, 2.24) is 4.72 Å². The molecule has 15 heavy (non-hydrogen) atoms. The first-order chi connectivity index (χ1) is 6.94. The van der Waals surface area contributed by atoms with Gasteiger partial charge in [-0.3, -0.25) is 0 Å². The number of nitrogens with two attached hydrogens (primary N) is 1. The Bertz CT molecular complexity index is 342. The van der Waals surface area contributed by atoms with E-state index in [2.05, 4.69) is 4.72 Å². The molecular weight excluding hydrogens is 212 g/mol. The van der Waals surface area contributed by atoms with Crippen molar-refractivity contribution >= 4 is 10.2 Å². The van der Waals surface area contributed by atoms with Crippen molar-refractivity contribution in [3.8, 4) is 0 Å². The number of hydrogen-bond acceptors (Lipinski definition) is 2. The molecule has 0 saturated heterocycles. The molecule has 4 rings (SSSR count). The largest absolute Gasteiger partial charge is 0.274 e. The molecule has 0 aromatic heterocycles. The van der Waals surface area contributed by atoms with Crippen LogP contribution < -0.4 is 9.86 Å². The van der Waals surface area contributed by atoms with Crippen LogP contribution in [0, 0.1) is 17.8 Å². The van der Waals surface area contributed by atoms with E-state index < -0.39 is 10.2 Å². The van der Waals surface area contributed by atoms with Crippen molar-refractivity contribution in [2.45, 2.75) is 44.1 Å². The summed E-state index contributed by atoms with van der Waals surface area (Å²) in [6, 6.07) is 0. The number of hydrogen-bond donors (Lipinski definition) is 2. The van der Waals surface area contributed by atoms with Crippen LogP contribution in [-0.4, -0.2) is 14.0 Å². The van der Waals surface area contributed by atoms with E-state index in [9.17, 15) is 8.42 Å². The quantitative estimate of drug-likeness (QED) is 0.734. The zero-order valence-electron chi connectivity index (χ0n) is 8.78. The van der Waals surface area contributed by atoms with Gasteiger partial charge in [-0.05, 0) is 56.3 Å². The van der Waals surface area contributed by atoms with Gasteiger partial charge in [0.1, 0.15) is 0 Å². The highest BCUT2D eigenvalue weighted by Crippen LogP contribution is 2.55. The van der Waals surface area contributed by atoms with E-state index in [1.54, 1.807) is 0 Å². The lowest BCUT2D eigenvalue weighted by Crippen LogP contribution is -2.60. The molecule has 0 heterocycles. The lowest BCUT2D eigenvalue weighted by atomic mass is 9.53. The topological polar surface area (TPSA) is 72.2 Å². The molecule has 4 nitrogen and oxygen atoms in total. The van der Waals surface area contributed by atoms with Gasteiger partial charge in [0.05, 0.1) is 0 Å². The minimum atomic E-state index is -3.54. The molecule has 0 radical (unpaired) electrons. The molecule has 0 atom stereocenters. The minimum absolute atomic E-state index is 0.178. The standard InChI is InChI=1S/C10H18N2O2S/c11-15(13,14)12-10-4-7-1-8(5-10)3-9(2-7)6-10/h7-9,12H,1-6H2,(H2,11,13,14). The smallest absolute Gasteiger partial charge is 0.216 e. The second-order valence-electron chi connectivity index (χ2n) is 5.84. The molecule has 4 aliphatic rings. The molecule has 0 spiro atoms. The highest BCUT2D eigenvalue weighted by molar-refractivity contribution is 7.87. The van der Waals surface area contributed by atoms with Crippen LogP contribution in [0.4, 0.5) is 0 Å². The van der Waals surface area contributed by atoms with Crippen LogP contribution in [0.1, 0.15) is 38.5 Å². The summed E-state index contributed by atoms with van der Waals surface area (Å²) in [5.74, 6) is 2.22. The molecule has 4 bridgehead atoms. The molecule has 86 valence electrons. The summed E-state index contributed by atoms with van der Waals surface area (Å²) >= 11 is 0. The van der Waals surface area contributed by atoms with Gasteiger partial charge in [0.15, 0.2) is 0 Å². The van der Waals surface area contributed by atoms with Crippen molar-refractivity contribution in [3.05, 3.63) is 0 Å². The van der Waals surface area contributed by atoms with Gasteiger partial charge in [-0.1, -0.05) is 0 Å². The van der Waals surface area contributed by atoms with Gasteiger partial charge in [-0.15, -0.1) is 0 Å². The maximum atomic E-state index is 11.2. The lowest BCUT2D eigenvalue weighted by molar-refractivity contribution is -0.00809. The van der Waals surface area contributed by atoms with Crippen molar-refractivity contribution in [2.24, 2.45) is 22.9 Å². The first-order valence-corrected chi connectivity index (χ1v) is 7.30. The normalized spacial score (nSPS) is 48.5. The number of rotatable bonds is 2. The molecule has 5 heteroatoms. The molecule has 0 aromatic carbocycles. The van der Waals surface area contributed by atoms with Gasteiger partial charge in [-0.2, -0.15) is 13.1 Å². The third-order valence-electron chi connectivity index (χ3n) is 4.40. The van der Waals surface area contributed by atoms with E-state index in [-0.39, 0.29) is 5.54 Å². The van der Waals surface area contributed by atoms with Gasteiger partial charge >= 0.3 is 0 Å². The third-order valence-corrected chi connectivity index (χ3v) is 5.11. The van der Waals surface area contributed by atoms with E-state index in [4.69, 9.17) is 5.14 Å². The fourth-order valence-electron chi connectivity index (χ4n) is 4.54. The monoisotopic (exact) mass is 230 g/mol. The fourth-order valence-corrected chi connectivity index (χ4v) is 5.39. The molecule has 0 aliphatic heterocycles. The first kappa shape index (κ1) is 10.1. The molecule has 0 amide bonds. The van der Waals surface area contributed by atoms with Gasteiger partial charge in [-0.25, -0.2) is 5.14 Å². The summed E-state index contributed by atoms with van der Waals surface area (Å²) in [5.41, 5.74) is -0.178. The Morgan fingerprint density at radius 3 is 1.73 bits per heavy atom. The summed E-state index contributed by atoms with van der Waals surface area (Å²) in [4.78, 5) is 0. The van der Waals surface area contributed by atoms with Crippen LogP contribution >= 0.6 is 0 Å². The van der Waals surface area contributed by atoms with Crippen LogP contribution in [0.15, 0.2) is 0 Å². The Kier molecular flexibility index (Phi) is 1.98. The van der Waals surface area contributed by atoms with Crippen molar-refractivity contribution in [1.29, 1.82) is 0 Å². The Morgan fingerprint density at radius 2 is 1.40 bits per heavy atom. The molecule has 0 unspecified atom stereocenters. The Labute approximate surface area is 90.8 Å². The summed E-state index contributed by atoms with van der Waals surface area (Å²) in [6.45, 7) is 0. The molecule has 4 fully saturated rings. The Hall–Kier alpha value is -0.130. The van der Waals surface area contributed by atoms with Gasteiger partial charge in [0, 0.05) is 5.54 Å². The predicted molar refractivity (Wildman–Crippen MR) is 57.1 cm³/mol. The fraction of sp³-hybridized carbons (Fsp3) is 1.00. The van der Waals surface area contributed by atoms with E-state index in [0.717, 1.165) is 37.0 Å². The summed E-state index contributed by atoms with van der Waals surface area (Å²) in [6.07, 6.45) is 6.96. The summed E-state index contributed by atoms with van der Waals surface area (Å²) in [5, 5.41) is 5.12. The Balaban J connectivity index is 1.87. The van der Waals surface area contributed by atoms with E-state index in [1.165, 1.54) is 19.3 Å². The molecule has 0 aromatic rings. The van der Waals surface area contributed by atoms with E-state index in [0.29, 0.717) is 0 Å². The van der Waals surface area contributed by atoms with Crippen LogP contribution in [0.2, 0.25) is 0 Å². The summed E-state index contributed by atoms with van der Waals surface area (Å²) in [7, 11) is -3.54. The van der Waals surface area contributed by atoms with Gasteiger partial charge < -0.3 is 0 Å². The van der Waals surface area contributed by atoms with Crippen LogP contribution in [0.5, 0.6) is 0 Å². The second-order valence-corrected chi connectivity index (χ2v) is 7.14. The average Bonchev–Trinajstić information content (AvgIpc) is 1.94. The zero-order chi connectivity index (χ0) is 10.7. The predicted octanol–water partition coefficient (Wildman–Crippen LogP) is 0.748. The molecule has 3 N–H and O–H groups in total. The third kappa shape index (κ3) is 1.81. The van der Waals surface area contributed by atoms with Crippen molar-refractivity contribution < 1.29 is 8.42 Å². The maximum Gasteiger partial charge on any atom is 0.274 e. The second kappa shape index (κ2) is 2.96. The maximum absolute atomic E-state index is 11.2. The SMILES string of the molecule is NS(=O)(=O)NC12CC3CC(CC(C3)C1)C2. The van der Waals surface area contributed by atoms with Crippen molar-refractivity contribution in [2.75, 3.05) is 0 Å². The van der Waals surface area contributed by atoms with Gasteiger partial charge in [0.2, 0.25) is 0 Å². The number of nitrogens with one attached hydrogen (secondary N) is 1. The average molecular weight is 230 g/mol. The van der Waals surface area contributed by atoms with Crippen LogP contribution in [0.3, 0.4) is 0 Å². The highest BCUT2D eigenvalue weighted by atomic mass is 32.2.